The molecule has 1 amide bonds. The number of aromatic nitrogens is 1. The lowest BCUT2D eigenvalue weighted by Gasteiger charge is -2.36. The molecule has 154 valence electrons. The molecule has 0 unspecified atom stereocenters. The highest BCUT2D eigenvalue weighted by Gasteiger charge is 2.31. The molecule has 0 spiro atoms. The molecule has 5 heteroatoms. The Morgan fingerprint density at radius 3 is 2.62 bits per heavy atom. The van der Waals surface area contributed by atoms with Crippen LogP contribution in [-0.2, 0) is 11.3 Å². The summed E-state index contributed by atoms with van der Waals surface area (Å²) in [7, 11) is 0. The van der Waals surface area contributed by atoms with Gasteiger partial charge in [0.15, 0.2) is 0 Å². The summed E-state index contributed by atoms with van der Waals surface area (Å²) in [5.74, 6) is 0. The van der Waals surface area contributed by atoms with E-state index >= 15 is 0 Å². The Morgan fingerprint density at radius 2 is 1.79 bits per heavy atom. The zero-order chi connectivity index (χ0) is 19.9. The first kappa shape index (κ1) is 20.3. The normalized spacial score (nSPS) is 20.4. The maximum Gasteiger partial charge on any atom is 0.410 e. The van der Waals surface area contributed by atoms with Crippen LogP contribution in [0.3, 0.4) is 0 Å². The topological polar surface area (TPSA) is 42.4 Å². The number of rotatable bonds is 5. The van der Waals surface area contributed by atoms with Crippen molar-refractivity contribution < 1.29 is 9.53 Å². The molecule has 1 saturated carbocycles. The van der Waals surface area contributed by atoms with Gasteiger partial charge in [0.05, 0.1) is 6.04 Å². The summed E-state index contributed by atoms with van der Waals surface area (Å²) in [6, 6.07) is 14.1. The number of carbonyl (C=O) groups is 1. The van der Waals surface area contributed by atoms with Gasteiger partial charge in [0.2, 0.25) is 0 Å². The van der Waals surface area contributed by atoms with E-state index in [1.165, 1.54) is 37.7 Å². The number of amides is 1. The molecule has 0 radical (unpaired) electrons. The lowest BCUT2D eigenvalue weighted by molar-refractivity contribution is 0.0672. The van der Waals surface area contributed by atoms with Gasteiger partial charge in [-0.3, -0.25) is 0 Å². The molecule has 4 nitrogen and oxygen atoms in total. The Hall–Kier alpha value is -2.01. The number of piperidine rings is 1. The van der Waals surface area contributed by atoms with E-state index in [0.29, 0.717) is 11.9 Å². The monoisotopic (exact) mass is 410 g/mol. The van der Waals surface area contributed by atoms with Gasteiger partial charge in [-0.25, -0.2) is 9.78 Å². The second-order valence-corrected chi connectivity index (χ2v) is 9.31. The summed E-state index contributed by atoms with van der Waals surface area (Å²) in [4.78, 5) is 19.6. The summed E-state index contributed by atoms with van der Waals surface area (Å²) in [5.41, 5.74) is 2.21. The molecule has 1 atom stereocenters. The van der Waals surface area contributed by atoms with Gasteiger partial charge in [-0.15, -0.1) is 11.8 Å². The quantitative estimate of drug-likeness (QED) is 0.574. The van der Waals surface area contributed by atoms with E-state index in [-0.39, 0.29) is 12.1 Å². The van der Waals surface area contributed by atoms with E-state index < -0.39 is 0 Å². The lowest BCUT2D eigenvalue weighted by atomic mass is 9.97. The van der Waals surface area contributed by atoms with E-state index in [0.717, 1.165) is 36.4 Å². The van der Waals surface area contributed by atoms with Crippen molar-refractivity contribution in [1.29, 1.82) is 0 Å². The van der Waals surface area contributed by atoms with Gasteiger partial charge in [-0.1, -0.05) is 55.7 Å². The second kappa shape index (κ2) is 10.1. The third-order valence-corrected chi connectivity index (χ3v) is 7.30. The molecular weight excluding hydrogens is 380 g/mol. The van der Waals surface area contributed by atoms with Gasteiger partial charge in [0.1, 0.15) is 11.6 Å². The predicted molar refractivity (Wildman–Crippen MR) is 117 cm³/mol. The number of hydrogen-bond acceptors (Lipinski definition) is 4. The standard InChI is InChI=1S/C24H30N2O2S/c27-24(28-18-19-10-3-1-4-11-19)26-17-8-7-15-22(26)21-14-9-16-25-23(21)29-20-12-5-2-6-13-20/h1,3-4,9-11,14,16,20,22H,2,5-8,12-13,15,17-18H2/t22-/m0/s1. The molecule has 2 fully saturated rings. The average molecular weight is 411 g/mol. The van der Waals surface area contributed by atoms with E-state index in [2.05, 4.69) is 6.07 Å². The first-order valence-corrected chi connectivity index (χ1v) is 11.8. The molecule has 2 heterocycles. The molecule has 1 aliphatic heterocycles. The number of likely N-dealkylation sites (tertiary alicyclic amines) is 1. The van der Waals surface area contributed by atoms with Crippen LogP contribution in [0.2, 0.25) is 0 Å². The fourth-order valence-electron chi connectivity index (χ4n) is 4.37. The minimum absolute atomic E-state index is 0.0619. The first-order valence-electron chi connectivity index (χ1n) is 10.9. The van der Waals surface area contributed by atoms with Crippen LogP contribution in [0.1, 0.15) is 68.5 Å². The van der Waals surface area contributed by atoms with E-state index in [1.807, 2.05) is 59.3 Å². The Labute approximate surface area is 178 Å². The second-order valence-electron chi connectivity index (χ2n) is 8.02. The van der Waals surface area contributed by atoms with E-state index in [1.54, 1.807) is 0 Å². The Kier molecular flexibility index (Phi) is 7.09. The summed E-state index contributed by atoms with van der Waals surface area (Å²) in [6.07, 6.45) is 11.4. The number of nitrogens with zero attached hydrogens (tertiary/aromatic N) is 2. The number of thioether (sulfide) groups is 1. The van der Waals surface area contributed by atoms with Gasteiger partial charge < -0.3 is 9.64 Å². The Morgan fingerprint density at radius 1 is 1.00 bits per heavy atom. The van der Waals surface area contributed by atoms with E-state index in [4.69, 9.17) is 9.72 Å². The Balaban J connectivity index is 1.47. The lowest BCUT2D eigenvalue weighted by Crippen LogP contribution is -2.39. The summed E-state index contributed by atoms with van der Waals surface area (Å²) < 4.78 is 5.67. The fraction of sp³-hybridized carbons (Fsp3) is 0.500. The van der Waals surface area contributed by atoms with Crippen LogP contribution in [0.4, 0.5) is 4.79 Å². The third kappa shape index (κ3) is 5.33. The minimum atomic E-state index is -0.212. The number of pyridine rings is 1. The molecule has 1 aromatic carbocycles. The summed E-state index contributed by atoms with van der Waals surface area (Å²) >= 11 is 1.92. The molecule has 2 aromatic rings. The SMILES string of the molecule is O=C(OCc1ccccc1)N1CCCC[C@H]1c1cccnc1SC1CCCCC1. The van der Waals surface area contributed by atoms with Gasteiger partial charge in [0.25, 0.3) is 0 Å². The maximum atomic E-state index is 12.9. The van der Waals surface area contributed by atoms with Crippen molar-refractivity contribution in [1.82, 2.24) is 9.88 Å². The highest BCUT2D eigenvalue weighted by atomic mass is 32.2. The minimum Gasteiger partial charge on any atom is -0.445 e. The molecule has 0 bridgehead atoms. The van der Waals surface area contributed by atoms with Crippen LogP contribution in [0, 0.1) is 0 Å². The van der Waals surface area contributed by atoms with Crippen LogP contribution >= 0.6 is 11.8 Å². The molecule has 29 heavy (non-hydrogen) atoms. The van der Waals surface area contributed by atoms with Gasteiger partial charge in [0, 0.05) is 23.6 Å². The van der Waals surface area contributed by atoms with Crippen LogP contribution in [0.15, 0.2) is 53.7 Å². The van der Waals surface area contributed by atoms with Gasteiger partial charge >= 0.3 is 6.09 Å². The zero-order valence-corrected chi connectivity index (χ0v) is 17.8. The van der Waals surface area contributed by atoms with Crippen molar-refractivity contribution in [3.63, 3.8) is 0 Å². The van der Waals surface area contributed by atoms with Crippen LogP contribution < -0.4 is 0 Å². The molecule has 1 saturated heterocycles. The van der Waals surface area contributed by atoms with Gasteiger partial charge in [-0.2, -0.15) is 0 Å². The average Bonchev–Trinajstić information content (AvgIpc) is 2.79. The largest absolute Gasteiger partial charge is 0.445 e. The zero-order valence-electron chi connectivity index (χ0n) is 17.0. The summed E-state index contributed by atoms with van der Waals surface area (Å²) in [6.45, 7) is 1.07. The smallest absolute Gasteiger partial charge is 0.410 e. The van der Waals surface area contributed by atoms with Crippen LogP contribution in [0.5, 0.6) is 0 Å². The fourth-order valence-corrected chi connectivity index (χ4v) is 5.72. The van der Waals surface area contributed by atoms with Crippen molar-refractivity contribution in [2.24, 2.45) is 0 Å². The predicted octanol–water partition coefficient (Wildman–Crippen LogP) is 6.37. The molecule has 1 aliphatic carbocycles. The van der Waals surface area contributed by atoms with Crippen molar-refractivity contribution in [2.45, 2.75) is 74.3 Å². The van der Waals surface area contributed by atoms with Crippen LogP contribution in [-0.4, -0.2) is 27.8 Å². The number of hydrogen-bond donors (Lipinski definition) is 0. The van der Waals surface area contributed by atoms with Gasteiger partial charge in [-0.05, 0) is 43.7 Å². The highest BCUT2D eigenvalue weighted by Crippen LogP contribution is 2.40. The number of benzene rings is 1. The summed E-state index contributed by atoms with van der Waals surface area (Å²) in [5, 5.41) is 1.76. The molecular formula is C24H30N2O2S. The number of carbonyl (C=O) groups excluding carboxylic acids is 1. The van der Waals surface area contributed by atoms with E-state index in [9.17, 15) is 4.79 Å². The van der Waals surface area contributed by atoms with Crippen molar-refractivity contribution in [2.75, 3.05) is 6.54 Å². The van der Waals surface area contributed by atoms with Crippen LogP contribution in [0.25, 0.3) is 0 Å². The molecule has 4 rings (SSSR count). The molecule has 2 aliphatic rings. The third-order valence-electron chi connectivity index (χ3n) is 5.93. The number of ether oxygens (including phenoxy) is 1. The first-order chi connectivity index (χ1) is 14.3. The highest BCUT2D eigenvalue weighted by molar-refractivity contribution is 7.99. The maximum absolute atomic E-state index is 12.9. The Bertz CT molecular complexity index is 792. The van der Waals surface area contributed by atoms with Crippen molar-refractivity contribution >= 4 is 17.9 Å². The van der Waals surface area contributed by atoms with Crippen molar-refractivity contribution in [3.8, 4) is 0 Å². The molecule has 0 N–H and O–H groups in total. The molecule has 1 aromatic heterocycles. The van der Waals surface area contributed by atoms with Crippen molar-refractivity contribution in [3.05, 3.63) is 59.8 Å².